The summed E-state index contributed by atoms with van der Waals surface area (Å²) < 4.78 is 2.09. The van der Waals surface area contributed by atoms with Crippen molar-refractivity contribution in [3.8, 4) is 0 Å². The third-order valence-electron chi connectivity index (χ3n) is 3.62. The van der Waals surface area contributed by atoms with Crippen LogP contribution in [0.25, 0.3) is 0 Å². The molecule has 17 heavy (non-hydrogen) atoms. The van der Waals surface area contributed by atoms with Gasteiger partial charge in [0.15, 0.2) is 0 Å². The smallest absolute Gasteiger partial charge is 0.270 e. The van der Waals surface area contributed by atoms with Crippen molar-refractivity contribution in [1.82, 2.24) is 9.47 Å². The van der Waals surface area contributed by atoms with Gasteiger partial charge in [0, 0.05) is 25.3 Å². The Bertz CT molecular complexity index is 423. The first kappa shape index (κ1) is 10.8. The molecule has 1 unspecified atom stereocenters. The van der Waals surface area contributed by atoms with Gasteiger partial charge in [0.1, 0.15) is 5.69 Å². The van der Waals surface area contributed by atoms with Crippen molar-refractivity contribution in [2.24, 2.45) is 0 Å². The van der Waals surface area contributed by atoms with Crippen molar-refractivity contribution in [3.05, 3.63) is 24.0 Å². The van der Waals surface area contributed by atoms with E-state index in [1.54, 1.807) is 4.90 Å². The summed E-state index contributed by atoms with van der Waals surface area (Å²) in [7, 11) is 0. The van der Waals surface area contributed by atoms with Crippen molar-refractivity contribution < 1.29 is 9.90 Å². The SMILES string of the molecule is O=C(c1cccn1C1CC1)N1CCCC(O)C1. The number of amides is 1. The molecule has 0 aromatic carbocycles. The van der Waals surface area contributed by atoms with Crippen LogP contribution in [0.2, 0.25) is 0 Å². The number of aromatic nitrogens is 1. The van der Waals surface area contributed by atoms with Crippen LogP contribution in [0.15, 0.2) is 18.3 Å². The summed E-state index contributed by atoms with van der Waals surface area (Å²) in [4.78, 5) is 14.1. The van der Waals surface area contributed by atoms with Crippen LogP contribution >= 0.6 is 0 Å². The fourth-order valence-corrected chi connectivity index (χ4v) is 2.55. The van der Waals surface area contributed by atoms with E-state index in [4.69, 9.17) is 0 Å². The van der Waals surface area contributed by atoms with E-state index in [9.17, 15) is 9.90 Å². The quantitative estimate of drug-likeness (QED) is 0.841. The number of aliphatic hydroxyl groups excluding tert-OH is 1. The number of piperidine rings is 1. The van der Waals surface area contributed by atoms with Gasteiger partial charge in [-0.05, 0) is 37.8 Å². The molecule has 3 rings (SSSR count). The molecule has 0 bridgehead atoms. The number of hydrogen-bond acceptors (Lipinski definition) is 2. The lowest BCUT2D eigenvalue weighted by Gasteiger charge is -2.30. The molecule has 1 atom stereocenters. The highest BCUT2D eigenvalue weighted by atomic mass is 16.3. The average molecular weight is 234 g/mol. The number of carbonyl (C=O) groups excluding carboxylic acids is 1. The van der Waals surface area contributed by atoms with Crippen LogP contribution in [-0.2, 0) is 0 Å². The summed E-state index contributed by atoms with van der Waals surface area (Å²) in [6.07, 6.45) is 5.71. The summed E-state index contributed by atoms with van der Waals surface area (Å²) in [5.41, 5.74) is 0.779. The molecule has 1 saturated carbocycles. The molecule has 1 aromatic rings. The Morgan fingerprint density at radius 1 is 1.35 bits per heavy atom. The summed E-state index contributed by atoms with van der Waals surface area (Å²) in [6.45, 7) is 1.25. The number of aliphatic hydroxyl groups is 1. The number of hydrogen-bond donors (Lipinski definition) is 1. The van der Waals surface area contributed by atoms with Gasteiger partial charge in [0.2, 0.25) is 0 Å². The number of nitrogens with zero attached hydrogens (tertiary/aromatic N) is 2. The normalized spacial score (nSPS) is 25.0. The minimum Gasteiger partial charge on any atom is -0.391 e. The van der Waals surface area contributed by atoms with Gasteiger partial charge in [-0.2, -0.15) is 0 Å². The van der Waals surface area contributed by atoms with E-state index in [0.717, 1.165) is 25.1 Å². The fraction of sp³-hybridized carbons (Fsp3) is 0.615. The molecule has 2 aliphatic rings. The minimum absolute atomic E-state index is 0.0700. The summed E-state index contributed by atoms with van der Waals surface area (Å²) in [5.74, 6) is 0.0700. The molecule has 2 fully saturated rings. The molecule has 1 aromatic heterocycles. The summed E-state index contributed by atoms with van der Waals surface area (Å²) >= 11 is 0. The predicted octanol–water partition coefficient (Wildman–Crippen LogP) is 1.42. The first-order valence-electron chi connectivity index (χ1n) is 6.40. The highest BCUT2D eigenvalue weighted by molar-refractivity contribution is 5.93. The topological polar surface area (TPSA) is 45.5 Å². The Morgan fingerprint density at radius 2 is 2.18 bits per heavy atom. The highest BCUT2D eigenvalue weighted by Crippen LogP contribution is 2.36. The second-order valence-corrected chi connectivity index (χ2v) is 5.08. The Balaban J connectivity index is 1.78. The van der Waals surface area contributed by atoms with Gasteiger partial charge in [-0.1, -0.05) is 0 Å². The zero-order valence-electron chi connectivity index (χ0n) is 9.88. The molecule has 1 saturated heterocycles. The van der Waals surface area contributed by atoms with Crippen LogP contribution in [0.4, 0.5) is 0 Å². The largest absolute Gasteiger partial charge is 0.391 e. The Morgan fingerprint density at radius 3 is 2.88 bits per heavy atom. The molecule has 1 aliphatic heterocycles. The third-order valence-corrected chi connectivity index (χ3v) is 3.62. The van der Waals surface area contributed by atoms with Crippen LogP contribution in [0, 0.1) is 0 Å². The Labute approximate surface area is 101 Å². The maximum absolute atomic E-state index is 12.4. The van der Waals surface area contributed by atoms with Crippen molar-refractivity contribution in [2.45, 2.75) is 37.8 Å². The maximum Gasteiger partial charge on any atom is 0.270 e. The lowest BCUT2D eigenvalue weighted by molar-refractivity contribution is 0.0465. The second-order valence-electron chi connectivity index (χ2n) is 5.08. The van der Waals surface area contributed by atoms with Crippen molar-refractivity contribution >= 4 is 5.91 Å². The van der Waals surface area contributed by atoms with Gasteiger partial charge in [-0.25, -0.2) is 0 Å². The number of rotatable bonds is 2. The highest BCUT2D eigenvalue weighted by Gasteiger charge is 2.30. The van der Waals surface area contributed by atoms with Gasteiger partial charge in [-0.3, -0.25) is 4.79 Å². The molecule has 1 N–H and O–H groups in total. The molecule has 1 amide bonds. The van der Waals surface area contributed by atoms with Crippen LogP contribution < -0.4 is 0 Å². The number of β-amino-alcohol motifs (C(OH)–C–C–N with tert-alkyl or cyclic N) is 1. The van der Waals surface area contributed by atoms with E-state index in [2.05, 4.69) is 4.57 Å². The van der Waals surface area contributed by atoms with Crippen LogP contribution in [0.3, 0.4) is 0 Å². The fourth-order valence-electron chi connectivity index (χ4n) is 2.55. The van der Waals surface area contributed by atoms with Gasteiger partial charge < -0.3 is 14.6 Å². The Hall–Kier alpha value is -1.29. The maximum atomic E-state index is 12.4. The van der Waals surface area contributed by atoms with E-state index in [1.165, 1.54) is 12.8 Å². The first-order valence-corrected chi connectivity index (χ1v) is 6.40. The number of likely N-dealkylation sites (tertiary alicyclic amines) is 1. The lowest BCUT2D eigenvalue weighted by Crippen LogP contribution is -2.42. The molecule has 2 heterocycles. The van der Waals surface area contributed by atoms with E-state index >= 15 is 0 Å². The molecule has 4 heteroatoms. The first-order chi connectivity index (χ1) is 8.25. The minimum atomic E-state index is -0.350. The van der Waals surface area contributed by atoms with E-state index in [1.807, 2.05) is 18.3 Å². The third kappa shape index (κ3) is 2.09. The zero-order valence-corrected chi connectivity index (χ0v) is 9.88. The predicted molar refractivity (Wildman–Crippen MR) is 63.8 cm³/mol. The molecular formula is C13H18N2O2. The van der Waals surface area contributed by atoms with Gasteiger partial charge in [-0.15, -0.1) is 0 Å². The van der Waals surface area contributed by atoms with Crippen LogP contribution in [0.5, 0.6) is 0 Å². The van der Waals surface area contributed by atoms with E-state index in [0.29, 0.717) is 12.6 Å². The van der Waals surface area contributed by atoms with E-state index in [-0.39, 0.29) is 12.0 Å². The van der Waals surface area contributed by atoms with Crippen molar-refractivity contribution in [1.29, 1.82) is 0 Å². The molecular weight excluding hydrogens is 216 g/mol. The van der Waals surface area contributed by atoms with Crippen molar-refractivity contribution in [3.63, 3.8) is 0 Å². The van der Waals surface area contributed by atoms with Crippen LogP contribution in [0.1, 0.15) is 42.2 Å². The zero-order chi connectivity index (χ0) is 11.8. The monoisotopic (exact) mass is 234 g/mol. The molecule has 4 nitrogen and oxygen atoms in total. The molecule has 0 spiro atoms. The summed E-state index contributed by atoms with van der Waals surface area (Å²) in [6, 6.07) is 4.35. The van der Waals surface area contributed by atoms with Crippen LogP contribution in [-0.4, -0.2) is 39.7 Å². The van der Waals surface area contributed by atoms with Gasteiger partial charge in [0.25, 0.3) is 5.91 Å². The lowest BCUT2D eigenvalue weighted by atomic mass is 10.1. The molecule has 0 radical (unpaired) electrons. The number of carbonyl (C=O) groups is 1. The van der Waals surface area contributed by atoms with Gasteiger partial charge in [0.05, 0.1) is 6.10 Å². The standard InChI is InChI=1S/C13H18N2O2/c16-11-3-1-7-14(9-11)13(17)12-4-2-8-15(12)10-5-6-10/h2,4,8,10-11,16H,1,3,5-7,9H2. The molecule has 1 aliphatic carbocycles. The van der Waals surface area contributed by atoms with Crippen molar-refractivity contribution in [2.75, 3.05) is 13.1 Å². The second kappa shape index (κ2) is 4.18. The Kier molecular flexibility index (Phi) is 2.67. The molecule has 92 valence electrons. The average Bonchev–Trinajstić information content (AvgIpc) is 3.06. The summed E-state index contributed by atoms with van der Waals surface area (Å²) in [5, 5.41) is 9.62. The van der Waals surface area contributed by atoms with E-state index < -0.39 is 0 Å². The van der Waals surface area contributed by atoms with Gasteiger partial charge >= 0.3 is 0 Å².